The van der Waals surface area contributed by atoms with E-state index in [1.54, 1.807) is 6.20 Å². The first-order valence-electron chi connectivity index (χ1n) is 8.54. The number of hydrogen-bond acceptors (Lipinski definition) is 3. The van der Waals surface area contributed by atoms with Gasteiger partial charge in [-0.1, -0.05) is 18.2 Å². The molecule has 2 aromatic rings. The number of nitrogens with two attached hydrogens (primary N) is 1. The summed E-state index contributed by atoms with van der Waals surface area (Å²) in [6, 6.07) is 8.04. The van der Waals surface area contributed by atoms with Gasteiger partial charge >= 0.3 is 0 Å². The molecule has 0 radical (unpaired) electrons. The fraction of sp³-hybridized carbons (Fsp3) is 0.200. The average Bonchev–Trinajstić information content (AvgIpc) is 2.69. The van der Waals surface area contributed by atoms with Gasteiger partial charge < -0.3 is 16.0 Å². The van der Waals surface area contributed by atoms with Crippen molar-refractivity contribution >= 4 is 18.8 Å². The number of nitrogens with zero attached hydrogens (tertiary/aromatic N) is 1. The highest BCUT2D eigenvalue weighted by Gasteiger charge is 2.11. The van der Waals surface area contributed by atoms with E-state index < -0.39 is 17.5 Å². The molecule has 0 saturated carbocycles. The molecular weight excluding hydrogens is 369 g/mol. The predicted octanol–water partition coefficient (Wildman–Crippen LogP) is 2.93. The van der Waals surface area contributed by atoms with Crippen molar-refractivity contribution in [2.45, 2.75) is 19.5 Å². The lowest BCUT2D eigenvalue weighted by atomic mass is 9.98. The van der Waals surface area contributed by atoms with Crippen LogP contribution in [0, 0.1) is 22.9 Å². The Kier molecular flexibility index (Phi) is 7.76. The lowest BCUT2D eigenvalue weighted by Gasteiger charge is -2.17. The first kappa shape index (κ1) is 21.2. The minimum absolute atomic E-state index is 0.0724. The summed E-state index contributed by atoms with van der Waals surface area (Å²) < 4.78 is 39.6. The van der Waals surface area contributed by atoms with Gasteiger partial charge in [0, 0.05) is 19.3 Å². The molecule has 1 amide bonds. The third-order valence-corrected chi connectivity index (χ3v) is 4.15. The van der Waals surface area contributed by atoms with Crippen LogP contribution < -0.4 is 11.1 Å². The van der Waals surface area contributed by atoms with Crippen LogP contribution in [0.3, 0.4) is 0 Å². The molecule has 8 heteroatoms. The lowest BCUT2D eigenvalue weighted by Crippen LogP contribution is -2.23. The van der Waals surface area contributed by atoms with Crippen LogP contribution in [0.2, 0.25) is 0 Å². The number of primary amides is 1. The molecule has 0 spiro atoms. The summed E-state index contributed by atoms with van der Waals surface area (Å²) in [5.74, 6) is -3.94. The summed E-state index contributed by atoms with van der Waals surface area (Å²) in [5.41, 5.74) is 7.99. The van der Waals surface area contributed by atoms with Crippen LogP contribution in [0.25, 0.3) is 6.08 Å². The number of benzene rings is 2. The molecule has 0 saturated heterocycles. The Bertz CT molecular complexity index is 848. The van der Waals surface area contributed by atoms with Crippen LogP contribution in [-0.2, 0) is 24.3 Å². The van der Waals surface area contributed by atoms with E-state index in [0.29, 0.717) is 0 Å². The van der Waals surface area contributed by atoms with E-state index in [-0.39, 0.29) is 18.5 Å². The van der Waals surface area contributed by atoms with Gasteiger partial charge in [-0.25, -0.2) is 13.2 Å². The van der Waals surface area contributed by atoms with Crippen molar-refractivity contribution in [3.63, 3.8) is 0 Å². The van der Waals surface area contributed by atoms with E-state index in [1.165, 1.54) is 16.0 Å². The van der Waals surface area contributed by atoms with Crippen molar-refractivity contribution in [1.82, 2.24) is 10.2 Å². The van der Waals surface area contributed by atoms with Gasteiger partial charge in [-0.3, -0.25) is 10.2 Å². The van der Waals surface area contributed by atoms with Crippen LogP contribution in [0.4, 0.5) is 13.2 Å². The number of carbonyl (C=O) groups excluding carboxylic acids is 1. The first-order chi connectivity index (χ1) is 13.5. The SMILES string of the molecule is N=CN(/C=C/c1ccc2c(c1)CCNC2)Cc1cc(F)c(F)c(F)c1.NC=O. The Morgan fingerprint density at radius 2 is 1.82 bits per heavy atom. The fourth-order valence-corrected chi connectivity index (χ4v) is 2.83. The molecule has 2 aromatic carbocycles. The Morgan fingerprint density at radius 3 is 2.46 bits per heavy atom. The Hall–Kier alpha value is -3.13. The number of nitrogens with one attached hydrogen (secondary N) is 2. The van der Waals surface area contributed by atoms with Crippen LogP contribution in [0.5, 0.6) is 0 Å². The smallest absolute Gasteiger partial charge is 0.204 e. The number of amides is 1. The predicted molar refractivity (Wildman–Crippen MR) is 102 cm³/mol. The van der Waals surface area contributed by atoms with E-state index in [1.807, 2.05) is 12.1 Å². The van der Waals surface area contributed by atoms with Crippen LogP contribution in [0.15, 0.2) is 36.5 Å². The maximum Gasteiger partial charge on any atom is 0.204 e. The molecule has 148 valence electrons. The summed E-state index contributed by atoms with van der Waals surface area (Å²) in [5, 5.41) is 10.8. The minimum Gasteiger partial charge on any atom is -0.372 e. The topological polar surface area (TPSA) is 82.2 Å². The fourth-order valence-electron chi connectivity index (χ4n) is 2.83. The molecule has 0 unspecified atom stereocenters. The molecule has 4 N–H and O–H groups in total. The van der Waals surface area contributed by atoms with E-state index in [2.05, 4.69) is 23.2 Å². The molecule has 0 fully saturated rings. The zero-order chi connectivity index (χ0) is 20.5. The third kappa shape index (κ3) is 5.68. The van der Waals surface area contributed by atoms with Crippen molar-refractivity contribution in [2.24, 2.45) is 5.73 Å². The van der Waals surface area contributed by atoms with E-state index in [0.717, 1.165) is 43.5 Å². The van der Waals surface area contributed by atoms with Gasteiger partial charge in [-0.05, 0) is 53.4 Å². The summed E-state index contributed by atoms with van der Waals surface area (Å²) in [6.45, 7) is 1.89. The first-order valence-corrected chi connectivity index (χ1v) is 8.54. The average molecular weight is 390 g/mol. The van der Waals surface area contributed by atoms with Gasteiger partial charge in [0.1, 0.15) is 0 Å². The second-order valence-electron chi connectivity index (χ2n) is 6.08. The van der Waals surface area contributed by atoms with Crippen LogP contribution >= 0.6 is 0 Å². The van der Waals surface area contributed by atoms with E-state index >= 15 is 0 Å². The monoisotopic (exact) mass is 390 g/mol. The summed E-state index contributed by atoms with van der Waals surface area (Å²) >= 11 is 0. The molecule has 5 nitrogen and oxygen atoms in total. The van der Waals surface area contributed by atoms with Crippen molar-refractivity contribution in [3.8, 4) is 0 Å². The van der Waals surface area contributed by atoms with Crippen molar-refractivity contribution in [2.75, 3.05) is 6.54 Å². The summed E-state index contributed by atoms with van der Waals surface area (Å²) in [7, 11) is 0. The molecule has 1 aliphatic heterocycles. The van der Waals surface area contributed by atoms with Gasteiger partial charge in [-0.2, -0.15) is 0 Å². The zero-order valence-corrected chi connectivity index (χ0v) is 15.1. The summed E-state index contributed by atoms with van der Waals surface area (Å²) in [4.78, 5) is 10.0. The van der Waals surface area contributed by atoms with Crippen LogP contribution in [-0.4, -0.2) is 24.2 Å². The van der Waals surface area contributed by atoms with Gasteiger partial charge in [-0.15, -0.1) is 0 Å². The van der Waals surface area contributed by atoms with Crippen molar-refractivity contribution < 1.29 is 18.0 Å². The molecule has 1 heterocycles. The molecular formula is C20H21F3N4O. The quantitative estimate of drug-likeness (QED) is 0.318. The number of fused-ring (bicyclic) bond motifs is 1. The molecule has 0 aromatic heterocycles. The van der Waals surface area contributed by atoms with Crippen molar-refractivity contribution in [1.29, 1.82) is 5.41 Å². The third-order valence-electron chi connectivity index (χ3n) is 4.15. The van der Waals surface area contributed by atoms with Gasteiger partial charge in [0.2, 0.25) is 6.41 Å². The maximum absolute atomic E-state index is 13.3. The van der Waals surface area contributed by atoms with Gasteiger partial charge in [0.15, 0.2) is 17.5 Å². The van der Waals surface area contributed by atoms with Crippen molar-refractivity contribution in [3.05, 3.63) is 76.2 Å². The molecule has 0 bridgehead atoms. The van der Waals surface area contributed by atoms with E-state index in [4.69, 9.17) is 10.2 Å². The Morgan fingerprint density at radius 1 is 1.14 bits per heavy atom. The number of rotatable bonds is 5. The lowest BCUT2D eigenvalue weighted by molar-refractivity contribution is -0.106. The number of halogens is 3. The van der Waals surface area contributed by atoms with Gasteiger partial charge in [0.05, 0.1) is 6.34 Å². The molecule has 0 atom stereocenters. The number of carbonyl (C=O) groups is 1. The zero-order valence-electron chi connectivity index (χ0n) is 15.1. The second kappa shape index (κ2) is 10.3. The highest BCUT2D eigenvalue weighted by Crippen LogP contribution is 2.18. The second-order valence-corrected chi connectivity index (χ2v) is 6.08. The minimum atomic E-state index is -1.48. The maximum atomic E-state index is 13.3. The molecule has 0 aliphatic carbocycles. The standard InChI is InChI=1S/C19H18F3N3.CH3NO/c20-17-8-14(9-18(21)19(17)22)11-25(12-23)6-4-13-1-2-16-10-24-5-3-15(16)7-13;2-1-3/h1-2,4,6-9,12,23-24H,3,5,10-11H2;1H,(H2,2,3)/b6-4+,23-12?;. The Labute approximate surface area is 161 Å². The molecule has 1 aliphatic rings. The van der Waals surface area contributed by atoms with Crippen LogP contribution in [0.1, 0.15) is 22.3 Å². The highest BCUT2D eigenvalue weighted by atomic mass is 19.2. The highest BCUT2D eigenvalue weighted by molar-refractivity contribution is 5.58. The molecule has 3 rings (SSSR count). The Balaban J connectivity index is 0.000000878. The largest absolute Gasteiger partial charge is 0.372 e. The van der Waals surface area contributed by atoms with E-state index in [9.17, 15) is 13.2 Å². The molecule has 28 heavy (non-hydrogen) atoms. The van der Waals surface area contributed by atoms with Gasteiger partial charge in [0.25, 0.3) is 0 Å². The summed E-state index contributed by atoms with van der Waals surface area (Å²) in [6.07, 6.45) is 5.77. The normalized spacial score (nSPS) is 12.7. The number of hydrogen-bond donors (Lipinski definition) is 3.